The first-order valence-electron chi connectivity index (χ1n) is 8.32. The molecule has 0 N–H and O–H groups in total. The molecule has 0 atom stereocenters. The Morgan fingerprint density at radius 1 is 0.650 bits per heavy atom. The molecular formula is C19H34N+. The third kappa shape index (κ3) is 17.1. The van der Waals surface area contributed by atoms with Gasteiger partial charge in [0.1, 0.15) is 6.54 Å². The summed E-state index contributed by atoms with van der Waals surface area (Å²) in [6.07, 6.45) is 13.4. The van der Waals surface area contributed by atoms with Crippen LogP contribution >= 0.6 is 0 Å². The highest BCUT2D eigenvalue weighted by atomic mass is 15.3. The molecule has 0 saturated heterocycles. The molecule has 0 heterocycles. The molecule has 114 valence electrons. The van der Waals surface area contributed by atoms with Crippen LogP contribution < -0.4 is 0 Å². The van der Waals surface area contributed by atoms with E-state index in [1.807, 2.05) is 0 Å². The van der Waals surface area contributed by atoms with Crippen molar-refractivity contribution in [2.45, 2.75) is 71.1 Å². The lowest BCUT2D eigenvalue weighted by atomic mass is 10.1. The molecule has 1 heteroatoms. The van der Waals surface area contributed by atoms with Gasteiger partial charge < -0.3 is 4.48 Å². The van der Waals surface area contributed by atoms with Crippen molar-refractivity contribution in [1.82, 2.24) is 0 Å². The normalized spacial score (nSPS) is 10.4. The molecule has 0 aliphatic heterocycles. The van der Waals surface area contributed by atoms with E-state index in [4.69, 9.17) is 0 Å². The number of nitrogens with zero attached hydrogens (tertiary/aromatic N) is 1. The number of hydrogen-bond donors (Lipinski definition) is 0. The minimum atomic E-state index is 0.868. The van der Waals surface area contributed by atoms with Crippen molar-refractivity contribution >= 4 is 0 Å². The molecule has 0 spiro atoms. The summed E-state index contributed by atoms with van der Waals surface area (Å²) in [6.45, 7) is 3.14. The fourth-order valence-electron chi connectivity index (χ4n) is 1.95. The van der Waals surface area contributed by atoms with E-state index in [-0.39, 0.29) is 0 Å². The van der Waals surface area contributed by atoms with Gasteiger partial charge in [-0.05, 0) is 24.2 Å². The molecule has 0 aromatic heterocycles. The highest BCUT2D eigenvalue weighted by Crippen LogP contribution is 2.10. The van der Waals surface area contributed by atoms with E-state index < -0.39 is 0 Å². The van der Waals surface area contributed by atoms with E-state index in [1.165, 1.54) is 57.8 Å². The second-order valence-corrected chi connectivity index (χ2v) is 6.63. The Hall–Kier alpha value is -0.920. The molecule has 0 saturated carbocycles. The fraction of sp³-hybridized carbons (Fsp3) is 0.789. The summed E-state index contributed by atoms with van der Waals surface area (Å²) in [4.78, 5) is 0. The van der Waals surface area contributed by atoms with Crippen LogP contribution in [0.2, 0.25) is 0 Å². The van der Waals surface area contributed by atoms with Gasteiger partial charge in [-0.25, -0.2) is 0 Å². The molecule has 0 unspecified atom stereocenters. The molecule has 0 rings (SSSR count). The minimum absolute atomic E-state index is 0.868. The zero-order valence-electron chi connectivity index (χ0n) is 14.2. The summed E-state index contributed by atoms with van der Waals surface area (Å²) in [5.41, 5.74) is 0. The Morgan fingerprint density at radius 2 is 1.15 bits per heavy atom. The maximum Gasteiger partial charge on any atom is 0.141 e. The van der Waals surface area contributed by atoms with Crippen LogP contribution in [-0.2, 0) is 0 Å². The second-order valence-electron chi connectivity index (χ2n) is 6.63. The first kappa shape index (κ1) is 19.1. The Balaban J connectivity index is 3.32. The number of rotatable bonds is 10. The zero-order chi connectivity index (χ0) is 15.1. The monoisotopic (exact) mass is 276 g/mol. The molecule has 0 aromatic carbocycles. The Bertz CT molecular complexity index is 327. The van der Waals surface area contributed by atoms with Crippen LogP contribution in [0, 0.1) is 23.7 Å². The first-order valence-corrected chi connectivity index (χ1v) is 8.32. The number of quaternary nitrogens is 1. The van der Waals surface area contributed by atoms with Crippen LogP contribution in [0.25, 0.3) is 0 Å². The molecule has 0 bridgehead atoms. The topological polar surface area (TPSA) is 0 Å². The van der Waals surface area contributed by atoms with Crippen LogP contribution in [0.4, 0.5) is 0 Å². The predicted molar refractivity (Wildman–Crippen MR) is 90.3 cm³/mol. The van der Waals surface area contributed by atoms with Crippen LogP contribution in [0.3, 0.4) is 0 Å². The number of hydrogen-bond acceptors (Lipinski definition) is 0. The average Bonchev–Trinajstić information content (AvgIpc) is 2.38. The molecule has 0 aliphatic rings. The van der Waals surface area contributed by atoms with Crippen molar-refractivity contribution in [3.05, 3.63) is 0 Å². The quantitative estimate of drug-likeness (QED) is 0.310. The predicted octanol–water partition coefficient (Wildman–Crippen LogP) is 4.62. The summed E-state index contributed by atoms with van der Waals surface area (Å²) in [6, 6.07) is 0. The van der Waals surface area contributed by atoms with Gasteiger partial charge in [-0.1, -0.05) is 64.2 Å². The van der Waals surface area contributed by atoms with Crippen molar-refractivity contribution in [1.29, 1.82) is 0 Å². The van der Waals surface area contributed by atoms with Crippen LogP contribution in [0.5, 0.6) is 0 Å². The standard InChI is InChI=1S/C19H34N/c1-5-6-7-8-9-10-11-12-13-14-15-16-17-18-19-20(2,3)4/h5-14,19H2,1-4H3/q+1. The van der Waals surface area contributed by atoms with Gasteiger partial charge in [0.25, 0.3) is 0 Å². The van der Waals surface area contributed by atoms with Gasteiger partial charge >= 0.3 is 0 Å². The van der Waals surface area contributed by atoms with Gasteiger partial charge in [-0.3, -0.25) is 0 Å². The van der Waals surface area contributed by atoms with E-state index in [0.717, 1.165) is 17.4 Å². The molecule has 0 fully saturated rings. The summed E-state index contributed by atoms with van der Waals surface area (Å²) in [7, 11) is 6.43. The molecule has 20 heavy (non-hydrogen) atoms. The largest absolute Gasteiger partial charge is 0.321 e. The maximum absolute atomic E-state index is 3.16. The third-order valence-corrected chi connectivity index (χ3v) is 3.20. The molecular weight excluding hydrogens is 242 g/mol. The van der Waals surface area contributed by atoms with Gasteiger partial charge in [0.2, 0.25) is 0 Å². The highest BCUT2D eigenvalue weighted by Gasteiger charge is 2.00. The smallest absolute Gasteiger partial charge is 0.141 e. The second kappa shape index (κ2) is 13.1. The van der Waals surface area contributed by atoms with Gasteiger partial charge in [0.05, 0.1) is 21.1 Å². The molecule has 0 amide bonds. The highest BCUT2D eigenvalue weighted by molar-refractivity contribution is 5.25. The molecule has 0 aliphatic carbocycles. The maximum atomic E-state index is 3.16. The van der Waals surface area contributed by atoms with Crippen molar-refractivity contribution in [2.24, 2.45) is 0 Å². The Kier molecular flexibility index (Phi) is 12.5. The van der Waals surface area contributed by atoms with Crippen molar-refractivity contribution in [2.75, 3.05) is 27.7 Å². The zero-order valence-corrected chi connectivity index (χ0v) is 14.2. The SMILES string of the molecule is CCCCCCCCCCCC#CC#CC[N+](C)(C)C. The third-order valence-electron chi connectivity index (χ3n) is 3.20. The average molecular weight is 276 g/mol. The van der Waals surface area contributed by atoms with Crippen molar-refractivity contribution in [3.8, 4) is 23.7 Å². The Labute approximate surface area is 127 Å². The summed E-state index contributed by atoms with van der Waals surface area (Å²) in [5, 5.41) is 0. The fourth-order valence-corrected chi connectivity index (χ4v) is 1.95. The van der Waals surface area contributed by atoms with Crippen molar-refractivity contribution in [3.63, 3.8) is 0 Å². The Morgan fingerprint density at radius 3 is 1.70 bits per heavy atom. The summed E-state index contributed by atoms with van der Waals surface area (Å²) >= 11 is 0. The van der Waals surface area contributed by atoms with Crippen LogP contribution in [0.15, 0.2) is 0 Å². The molecule has 0 radical (unpaired) electrons. The molecule has 0 aromatic rings. The van der Waals surface area contributed by atoms with E-state index >= 15 is 0 Å². The van der Waals surface area contributed by atoms with Crippen LogP contribution in [0.1, 0.15) is 71.1 Å². The summed E-state index contributed by atoms with van der Waals surface area (Å²) < 4.78 is 0.882. The molecule has 1 nitrogen and oxygen atoms in total. The van der Waals surface area contributed by atoms with Gasteiger partial charge in [-0.15, -0.1) is 0 Å². The minimum Gasteiger partial charge on any atom is -0.321 e. The van der Waals surface area contributed by atoms with E-state index in [2.05, 4.69) is 51.7 Å². The van der Waals surface area contributed by atoms with Gasteiger partial charge in [0.15, 0.2) is 0 Å². The van der Waals surface area contributed by atoms with Gasteiger partial charge in [-0.2, -0.15) is 0 Å². The lowest BCUT2D eigenvalue weighted by Crippen LogP contribution is -2.34. The lowest BCUT2D eigenvalue weighted by Gasteiger charge is -2.19. The van der Waals surface area contributed by atoms with Crippen molar-refractivity contribution < 1.29 is 4.48 Å². The lowest BCUT2D eigenvalue weighted by molar-refractivity contribution is -0.862. The number of unbranched alkanes of at least 4 members (excludes halogenated alkanes) is 9. The van der Waals surface area contributed by atoms with Crippen LogP contribution in [-0.4, -0.2) is 32.2 Å². The van der Waals surface area contributed by atoms with Gasteiger partial charge in [0, 0.05) is 6.42 Å². The van der Waals surface area contributed by atoms with E-state index in [0.29, 0.717) is 0 Å². The van der Waals surface area contributed by atoms with E-state index in [1.54, 1.807) is 0 Å². The first-order chi connectivity index (χ1) is 9.56. The van der Waals surface area contributed by atoms with E-state index in [9.17, 15) is 0 Å². The summed E-state index contributed by atoms with van der Waals surface area (Å²) in [5.74, 6) is 12.2.